The average Bonchev–Trinajstić information content (AvgIpc) is 3.81. The summed E-state index contributed by atoms with van der Waals surface area (Å²) in [6.45, 7) is -1.57. The minimum atomic E-state index is -3.05. The lowest BCUT2D eigenvalue weighted by molar-refractivity contribution is 0.992. The monoisotopic (exact) mass is 713 g/mol. The highest BCUT2D eigenvalue weighted by atomic mass is 28.3. The molecule has 0 bridgehead atoms. The second-order valence-corrected chi connectivity index (χ2v) is 17.7. The van der Waals surface area contributed by atoms with Crippen molar-refractivity contribution >= 4 is 73.4 Å². The van der Waals surface area contributed by atoms with E-state index in [-0.39, 0.29) is 5.56 Å². The Morgan fingerprint density at radius 3 is 1.78 bits per heavy atom. The second kappa shape index (κ2) is 13.1. The summed E-state index contributed by atoms with van der Waals surface area (Å²) in [5.74, 6) is 0.580. The van der Waals surface area contributed by atoms with Crippen molar-refractivity contribution in [3.63, 3.8) is 0 Å². The van der Waals surface area contributed by atoms with Crippen LogP contribution in [0.5, 0.6) is 0 Å². The van der Waals surface area contributed by atoms with Gasteiger partial charge < -0.3 is 9.80 Å². The Balaban J connectivity index is 1.23. The van der Waals surface area contributed by atoms with Gasteiger partial charge in [0.15, 0.2) is 8.07 Å². The van der Waals surface area contributed by atoms with E-state index in [1.54, 1.807) is 18.3 Å². The Hall–Kier alpha value is -6.69. The van der Waals surface area contributed by atoms with E-state index in [0.717, 1.165) is 33.2 Å². The van der Waals surface area contributed by atoms with Crippen LogP contribution >= 0.6 is 0 Å². The Labute approximate surface area is 321 Å². The molecule has 0 spiro atoms. The molecule has 0 amide bonds. The molecule has 258 valence electrons. The van der Waals surface area contributed by atoms with Crippen LogP contribution in [0.4, 0.5) is 22.7 Å². The number of para-hydroxylation sites is 4. The molecular weight excluding hydrogens is 673 g/mol. The van der Waals surface area contributed by atoms with Gasteiger partial charge in [0.1, 0.15) is 12.5 Å². The van der Waals surface area contributed by atoms with Crippen molar-refractivity contribution in [1.29, 1.82) is 0 Å². The molecule has 0 saturated carbocycles. The summed E-state index contributed by atoms with van der Waals surface area (Å²) >= 11 is 0. The zero-order chi connectivity index (χ0) is 38.6. The van der Waals surface area contributed by atoms with Crippen molar-refractivity contribution in [2.45, 2.75) is 6.85 Å². The summed E-state index contributed by atoms with van der Waals surface area (Å²) in [6, 6.07) is 68.9. The van der Waals surface area contributed by atoms with Gasteiger partial charge >= 0.3 is 0 Å². The maximum absolute atomic E-state index is 8.19. The number of pyridine rings is 1. The van der Waals surface area contributed by atoms with E-state index < -0.39 is 14.9 Å². The zero-order valence-corrected chi connectivity index (χ0v) is 30.5. The molecule has 7 aromatic carbocycles. The van der Waals surface area contributed by atoms with Gasteiger partial charge in [-0.15, -0.1) is 0 Å². The number of rotatable bonds is 7. The smallest absolute Gasteiger partial charge is 0.179 e. The Morgan fingerprint density at radius 2 is 1.06 bits per heavy atom. The van der Waals surface area contributed by atoms with Gasteiger partial charge in [-0.25, -0.2) is 4.98 Å². The molecule has 0 N–H and O–H groups in total. The predicted octanol–water partition coefficient (Wildman–Crippen LogP) is 9.11. The van der Waals surface area contributed by atoms with Crippen LogP contribution in [0.15, 0.2) is 200 Å². The first kappa shape index (κ1) is 28.8. The van der Waals surface area contributed by atoms with Crippen LogP contribution in [0.25, 0.3) is 27.6 Å². The van der Waals surface area contributed by atoms with E-state index in [2.05, 4.69) is 190 Å². The molecule has 1 aliphatic rings. The SMILES string of the molecule is [2H]C([2H])([2H])c1ccnc(-n2c3ccccc3c3ccc([Si](c4ccccc4)(c4ccccc4)c4cccc(N5CN(c6ccccc6)c6ccccc65)c4)cc32)c1. The van der Waals surface area contributed by atoms with Gasteiger partial charge in [0.2, 0.25) is 0 Å². The highest BCUT2D eigenvalue weighted by Gasteiger charge is 2.42. The van der Waals surface area contributed by atoms with Gasteiger partial charge in [-0.3, -0.25) is 4.57 Å². The van der Waals surface area contributed by atoms with Crippen molar-refractivity contribution in [1.82, 2.24) is 9.55 Å². The second-order valence-electron chi connectivity index (χ2n) is 13.8. The Kier molecular flexibility index (Phi) is 6.98. The summed E-state index contributed by atoms with van der Waals surface area (Å²) in [5, 5.41) is 7.19. The molecule has 0 radical (unpaired) electrons. The maximum atomic E-state index is 8.19. The number of hydrogen-bond donors (Lipinski definition) is 0. The summed E-state index contributed by atoms with van der Waals surface area (Å²) < 4.78 is 26.7. The number of anilines is 4. The minimum Gasteiger partial charge on any atom is -0.321 e. The number of aryl methyl sites for hydroxylation is 1. The molecule has 4 nitrogen and oxygen atoms in total. The fourth-order valence-electron chi connectivity index (χ4n) is 8.54. The molecule has 3 heterocycles. The van der Waals surface area contributed by atoms with Crippen LogP contribution in [0.2, 0.25) is 0 Å². The predicted molar refractivity (Wildman–Crippen MR) is 229 cm³/mol. The van der Waals surface area contributed by atoms with Crippen molar-refractivity contribution < 1.29 is 4.11 Å². The topological polar surface area (TPSA) is 24.3 Å². The third-order valence-electron chi connectivity index (χ3n) is 10.9. The molecule has 0 fully saturated rings. The largest absolute Gasteiger partial charge is 0.321 e. The van der Waals surface area contributed by atoms with Crippen molar-refractivity contribution in [3.8, 4) is 5.82 Å². The lowest BCUT2D eigenvalue weighted by atomic mass is 10.1. The lowest BCUT2D eigenvalue weighted by Gasteiger charge is -2.35. The summed E-state index contributed by atoms with van der Waals surface area (Å²) in [4.78, 5) is 9.58. The maximum Gasteiger partial charge on any atom is 0.179 e. The van der Waals surface area contributed by atoms with Gasteiger partial charge in [-0.05, 0) is 93.8 Å². The van der Waals surface area contributed by atoms with Crippen molar-refractivity contribution in [2.24, 2.45) is 0 Å². The fourth-order valence-corrected chi connectivity index (χ4v) is 13.3. The van der Waals surface area contributed by atoms with Crippen molar-refractivity contribution in [2.75, 3.05) is 16.5 Å². The summed E-state index contributed by atoms with van der Waals surface area (Å²) in [7, 11) is -3.05. The molecule has 9 aromatic rings. The number of aromatic nitrogens is 2. The molecular formula is C49H38N4Si. The number of benzene rings is 7. The summed E-state index contributed by atoms with van der Waals surface area (Å²) in [6.07, 6.45) is 1.61. The molecule has 5 heteroatoms. The number of fused-ring (bicyclic) bond motifs is 4. The molecule has 0 saturated heterocycles. The minimum absolute atomic E-state index is 0.262. The van der Waals surface area contributed by atoms with Gasteiger partial charge in [0.05, 0.1) is 22.4 Å². The van der Waals surface area contributed by atoms with Gasteiger partial charge in [0.25, 0.3) is 0 Å². The molecule has 54 heavy (non-hydrogen) atoms. The van der Waals surface area contributed by atoms with Crippen LogP contribution < -0.4 is 30.5 Å². The van der Waals surface area contributed by atoms with Crippen molar-refractivity contribution in [3.05, 3.63) is 206 Å². The quantitative estimate of drug-likeness (QED) is 0.122. The fraction of sp³-hybridized carbons (Fsp3) is 0.0408. The standard InChI is InChI=1S/C49H38N4Si/c1-36-30-31-50-49(32-36)53-45-25-12-11-24-43(45)44-29-28-42(34-48(44)53)54(39-19-7-3-8-20-39,40-21-9-4-10-22-40)41-23-15-18-38(33-41)52-35-51(37-16-5-2-6-17-37)46-26-13-14-27-47(46)52/h2-34H,35H2,1H3/i1D3. The van der Waals surface area contributed by atoms with Crippen LogP contribution in [0, 0.1) is 6.85 Å². The van der Waals surface area contributed by atoms with E-state index in [9.17, 15) is 0 Å². The first-order chi connectivity index (χ1) is 27.9. The Morgan fingerprint density at radius 1 is 0.481 bits per heavy atom. The van der Waals surface area contributed by atoms with E-state index in [0.29, 0.717) is 12.5 Å². The first-order valence-corrected chi connectivity index (χ1v) is 20.3. The normalized spacial score (nSPS) is 13.8. The highest BCUT2D eigenvalue weighted by molar-refractivity contribution is 7.20. The molecule has 2 aromatic heterocycles. The third kappa shape index (κ3) is 5.08. The summed E-state index contributed by atoms with van der Waals surface area (Å²) in [5.41, 5.74) is 6.85. The van der Waals surface area contributed by atoms with E-state index in [1.165, 1.54) is 32.1 Å². The molecule has 0 aliphatic carbocycles. The van der Waals surface area contributed by atoms with Gasteiger partial charge in [-0.2, -0.15) is 0 Å². The van der Waals surface area contributed by atoms with E-state index in [1.807, 2.05) is 6.07 Å². The number of hydrogen-bond acceptors (Lipinski definition) is 3. The van der Waals surface area contributed by atoms with Crippen LogP contribution in [0.3, 0.4) is 0 Å². The average molecular weight is 714 g/mol. The number of nitrogens with zero attached hydrogens (tertiary/aromatic N) is 4. The highest BCUT2D eigenvalue weighted by Crippen LogP contribution is 2.43. The van der Waals surface area contributed by atoms with Crippen LogP contribution in [0.1, 0.15) is 9.68 Å². The molecule has 1 aliphatic heterocycles. The molecule has 0 unspecified atom stereocenters. The zero-order valence-electron chi connectivity index (χ0n) is 32.5. The lowest BCUT2D eigenvalue weighted by Crippen LogP contribution is -2.74. The van der Waals surface area contributed by atoms with Crippen LogP contribution in [-0.4, -0.2) is 24.3 Å². The van der Waals surface area contributed by atoms with Gasteiger partial charge in [-0.1, -0.05) is 133 Å². The third-order valence-corrected chi connectivity index (χ3v) is 15.7. The molecule has 0 atom stereocenters. The van der Waals surface area contributed by atoms with E-state index in [4.69, 9.17) is 9.10 Å². The first-order valence-electron chi connectivity index (χ1n) is 19.8. The van der Waals surface area contributed by atoms with Crippen LogP contribution in [-0.2, 0) is 0 Å². The molecule has 10 rings (SSSR count). The van der Waals surface area contributed by atoms with E-state index >= 15 is 0 Å². The van der Waals surface area contributed by atoms with Gasteiger partial charge in [0, 0.05) is 32.5 Å². The Bertz CT molecular complexity index is 2850.